The van der Waals surface area contributed by atoms with E-state index in [0.29, 0.717) is 46.4 Å². The van der Waals surface area contributed by atoms with E-state index >= 15 is 0 Å². The number of rotatable bonds is 12. The van der Waals surface area contributed by atoms with Crippen LogP contribution in [0.15, 0.2) is 54.1 Å². The first-order valence-corrected chi connectivity index (χ1v) is 13.5. The van der Waals surface area contributed by atoms with Crippen LogP contribution in [-0.2, 0) is 11.2 Å². The molecular weight excluding hydrogens is 574 g/mol. The molecule has 0 amide bonds. The third-order valence-corrected chi connectivity index (χ3v) is 7.35. The van der Waals surface area contributed by atoms with E-state index in [1.807, 2.05) is 0 Å². The van der Waals surface area contributed by atoms with Crippen molar-refractivity contribution in [1.82, 2.24) is 8.75 Å². The Hall–Kier alpha value is -3.51. The summed E-state index contributed by atoms with van der Waals surface area (Å²) in [6.07, 6.45) is 2.03. The molecule has 0 bridgehead atoms. The predicted octanol–water partition coefficient (Wildman–Crippen LogP) is 1.28. The topological polar surface area (TPSA) is 120 Å². The zero-order valence-electron chi connectivity index (χ0n) is 23.6. The minimum absolute atomic E-state index is 0. The molecule has 1 aromatic heterocycles. The van der Waals surface area contributed by atoms with E-state index < -0.39 is 17.6 Å². The smallest absolute Gasteiger partial charge is 0.545 e. The number of ether oxygens (including phenoxy) is 4. The van der Waals surface area contributed by atoms with E-state index in [-0.39, 0.29) is 64.0 Å². The third-order valence-electron chi connectivity index (χ3n) is 6.80. The SMILES string of the molecule is COc1ccc(C(=O)C(Cc2cc(OC)c(OCC3CC3)c(OC)c2)=C(C(=O)[O-])c2ccc3nsnc3c2)cc1F.[Na+]. The van der Waals surface area contributed by atoms with Crippen LogP contribution in [0.25, 0.3) is 16.6 Å². The molecule has 5 rings (SSSR count). The summed E-state index contributed by atoms with van der Waals surface area (Å²) in [5.74, 6) is -1.45. The van der Waals surface area contributed by atoms with Crippen molar-refractivity contribution < 1.29 is 67.6 Å². The standard InChI is InChI=1S/C30H27FN2O7S.Na/c1-37-24-9-7-19(13-21(24)31)28(34)20(27(30(35)36)18-6-8-22-23(14-18)33-41-32-22)10-17-11-25(38-2)29(26(12-17)39-3)40-15-16-4-5-16;/h6-9,11-14,16H,4-5,10,15H2,1-3H3,(H,35,36);/q;+1/p-1. The Kier molecular flexibility index (Phi) is 10.2. The summed E-state index contributed by atoms with van der Waals surface area (Å²) in [6.45, 7) is 0.515. The van der Waals surface area contributed by atoms with Gasteiger partial charge in [-0.3, -0.25) is 4.79 Å². The summed E-state index contributed by atoms with van der Waals surface area (Å²) in [6, 6.07) is 11.7. The van der Waals surface area contributed by atoms with Crippen molar-refractivity contribution in [3.63, 3.8) is 0 Å². The normalized spacial score (nSPS) is 13.1. The molecule has 0 atom stereocenters. The van der Waals surface area contributed by atoms with E-state index in [4.69, 9.17) is 18.9 Å². The van der Waals surface area contributed by atoms with E-state index in [1.165, 1.54) is 45.6 Å². The molecule has 3 aromatic carbocycles. The zero-order chi connectivity index (χ0) is 29.1. The number of hydrogen-bond acceptors (Lipinski definition) is 10. The number of ketones is 1. The van der Waals surface area contributed by atoms with Gasteiger partial charge in [0.25, 0.3) is 0 Å². The molecule has 1 saturated carbocycles. The van der Waals surface area contributed by atoms with Crippen LogP contribution in [0, 0.1) is 11.7 Å². The molecule has 42 heavy (non-hydrogen) atoms. The number of methoxy groups -OCH3 is 3. The first kappa shape index (κ1) is 31.4. The van der Waals surface area contributed by atoms with E-state index in [0.717, 1.165) is 30.6 Å². The van der Waals surface area contributed by atoms with Crippen molar-refractivity contribution in [3.8, 4) is 23.0 Å². The van der Waals surface area contributed by atoms with Crippen LogP contribution in [0.2, 0.25) is 0 Å². The minimum atomic E-state index is -1.58. The Bertz CT molecular complexity index is 1640. The maximum Gasteiger partial charge on any atom is 1.00 e. The number of aromatic nitrogens is 2. The Labute approximate surface area is 267 Å². The van der Waals surface area contributed by atoms with Crippen molar-refractivity contribution in [3.05, 3.63) is 76.6 Å². The van der Waals surface area contributed by atoms with E-state index in [2.05, 4.69) is 8.75 Å². The van der Waals surface area contributed by atoms with Gasteiger partial charge in [0.15, 0.2) is 28.8 Å². The maximum absolute atomic E-state index is 14.6. The first-order chi connectivity index (χ1) is 19.8. The molecule has 0 N–H and O–H groups in total. The van der Waals surface area contributed by atoms with Crippen LogP contribution in [-0.4, -0.2) is 48.4 Å². The number of halogens is 1. The summed E-state index contributed by atoms with van der Waals surface area (Å²) < 4.78 is 45.0. The van der Waals surface area contributed by atoms with Gasteiger partial charge in [0.05, 0.1) is 45.6 Å². The Morgan fingerprint density at radius 2 is 1.55 bits per heavy atom. The van der Waals surface area contributed by atoms with Gasteiger partial charge in [-0.1, -0.05) is 6.07 Å². The van der Waals surface area contributed by atoms with Gasteiger partial charge in [0.1, 0.15) is 11.0 Å². The third kappa shape index (κ3) is 6.75. The number of Topliss-reactive ketones (excluding diaryl/α,β-unsaturated/α-hetero) is 1. The van der Waals surface area contributed by atoms with Crippen LogP contribution in [0.5, 0.6) is 23.0 Å². The van der Waals surface area contributed by atoms with E-state index in [1.54, 1.807) is 18.2 Å². The molecule has 1 aliphatic carbocycles. The molecule has 0 spiro atoms. The number of carbonyl (C=O) groups is 2. The van der Waals surface area contributed by atoms with Crippen LogP contribution < -0.4 is 53.6 Å². The number of benzene rings is 3. The fraction of sp³-hybridized carbons (Fsp3) is 0.267. The van der Waals surface area contributed by atoms with Crippen molar-refractivity contribution in [2.24, 2.45) is 5.92 Å². The maximum atomic E-state index is 14.6. The molecule has 4 aromatic rings. The number of aliphatic carboxylic acids is 1. The van der Waals surface area contributed by atoms with Gasteiger partial charge >= 0.3 is 29.6 Å². The number of allylic oxidation sites excluding steroid dienone is 1. The second-order valence-electron chi connectivity index (χ2n) is 9.55. The summed E-state index contributed by atoms with van der Waals surface area (Å²) in [5, 5.41) is 12.6. The van der Waals surface area contributed by atoms with Crippen LogP contribution in [0.4, 0.5) is 4.39 Å². The first-order valence-electron chi connectivity index (χ1n) is 12.8. The molecule has 9 nitrogen and oxygen atoms in total. The van der Waals surface area contributed by atoms with Crippen molar-refractivity contribution in [1.29, 1.82) is 0 Å². The Morgan fingerprint density at radius 3 is 2.14 bits per heavy atom. The van der Waals surface area contributed by atoms with Gasteiger partial charge in [0, 0.05) is 23.1 Å². The number of carboxylic acid groups (broad SMARTS) is 1. The van der Waals surface area contributed by atoms with Gasteiger partial charge < -0.3 is 28.8 Å². The molecule has 1 fully saturated rings. The fourth-order valence-electron chi connectivity index (χ4n) is 4.49. The number of carboxylic acids is 1. The quantitative estimate of drug-likeness (QED) is 0.135. The predicted molar refractivity (Wildman–Crippen MR) is 148 cm³/mol. The molecular formula is C30H26FN2NaO7S. The average molecular weight is 601 g/mol. The monoisotopic (exact) mass is 600 g/mol. The number of hydrogen-bond donors (Lipinski definition) is 0. The molecule has 0 radical (unpaired) electrons. The molecule has 1 aliphatic rings. The fourth-order valence-corrected chi connectivity index (χ4v) is 5.00. The van der Waals surface area contributed by atoms with E-state index in [9.17, 15) is 19.1 Å². The van der Waals surface area contributed by atoms with Gasteiger partial charge in [-0.2, -0.15) is 8.75 Å². The summed E-state index contributed by atoms with van der Waals surface area (Å²) in [5.41, 5.74) is 1.21. The average Bonchev–Trinajstić information content (AvgIpc) is 3.69. The second kappa shape index (κ2) is 13.6. The number of carbonyl (C=O) groups excluding carboxylic acids is 2. The number of nitrogens with zero attached hydrogens (tertiary/aromatic N) is 2. The second-order valence-corrected chi connectivity index (χ2v) is 10.1. The summed E-state index contributed by atoms with van der Waals surface area (Å²) in [7, 11) is 4.27. The zero-order valence-corrected chi connectivity index (χ0v) is 26.4. The minimum Gasteiger partial charge on any atom is -0.545 e. The number of fused-ring (bicyclic) bond motifs is 1. The molecule has 212 valence electrons. The Morgan fingerprint density at radius 1 is 0.905 bits per heavy atom. The largest absolute Gasteiger partial charge is 1.00 e. The summed E-state index contributed by atoms with van der Waals surface area (Å²) in [4.78, 5) is 26.6. The Balaban J connectivity index is 0.00000405. The summed E-state index contributed by atoms with van der Waals surface area (Å²) >= 11 is 0.981. The van der Waals surface area contributed by atoms with Gasteiger partial charge in [0.2, 0.25) is 5.75 Å². The molecule has 1 heterocycles. The van der Waals surface area contributed by atoms with Crippen LogP contribution in [0.3, 0.4) is 0 Å². The van der Waals surface area contributed by atoms with Crippen molar-refractivity contribution >= 4 is 40.1 Å². The van der Waals surface area contributed by atoms with Crippen LogP contribution in [0.1, 0.15) is 34.3 Å². The van der Waals surface area contributed by atoms with Crippen molar-refractivity contribution in [2.75, 3.05) is 27.9 Å². The van der Waals surface area contributed by atoms with Gasteiger partial charge in [-0.25, -0.2) is 4.39 Å². The molecule has 0 aliphatic heterocycles. The van der Waals surface area contributed by atoms with Gasteiger partial charge in [-0.15, -0.1) is 0 Å². The van der Waals surface area contributed by atoms with Gasteiger partial charge in [-0.05, 0) is 72.4 Å². The van der Waals surface area contributed by atoms with Crippen LogP contribution >= 0.6 is 11.7 Å². The molecule has 0 saturated heterocycles. The molecule has 12 heteroatoms. The van der Waals surface area contributed by atoms with Crippen molar-refractivity contribution in [2.45, 2.75) is 19.3 Å². The molecule has 0 unspecified atom stereocenters.